The normalized spacial score (nSPS) is 33.5. The van der Waals surface area contributed by atoms with Crippen molar-refractivity contribution < 1.29 is 27.7 Å². The molecule has 1 N–H and O–H groups in total. The number of ether oxygens (including phenoxy) is 1. The van der Waals surface area contributed by atoms with Gasteiger partial charge in [-0.2, -0.15) is 0 Å². The van der Waals surface area contributed by atoms with E-state index in [9.17, 15) is 9.46 Å². The third-order valence-corrected chi connectivity index (χ3v) is 9.14. The smallest absolute Gasteiger partial charge is 0.381 e. The Balaban J connectivity index is 1.44. The van der Waals surface area contributed by atoms with E-state index in [2.05, 4.69) is 6.92 Å². The molecule has 0 heterocycles. The minimum atomic E-state index is -3.97. The lowest BCUT2D eigenvalue weighted by Crippen LogP contribution is -2.52. The number of hydrogen-bond acceptors (Lipinski definition) is 4. The molecule has 0 radical (unpaired) electrons. The van der Waals surface area contributed by atoms with Gasteiger partial charge in [-0.25, -0.2) is 4.57 Å². The molecule has 4 bridgehead atoms. The standard InChI is InChI=1S/C25H48NO5P/c1-5-6-7-8-12-29-13-9-24-17-22-16-23(18-24)20-25(19-22,21-24)10-14-30-32(27,28)31-15-11-26(2,3)4/h22-23H,5-21H2,1-4H3/p+1. The highest BCUT2D eigenvalue weighted by molar-refractivity contribution is 7.47. The Morgan fingerprint density at radius 3 is 2.06 bits per heavy atom. The lowest BCUT2D eigenvalue weighted by atomic mass is 9.43. The molecule has 4 saturated carbocycles. The summed E-state index contributed by atoms with van der Waals surface area (Å²) in [5.41, 5.74) is 0.713. The van der Waals surface area contributed by atoms with E-state index < -0.39 is 7.82 Å². The zero-order chi connectivity index (χ0) is 23.3. The molecular weight excluding hydrogens is 425 g/mol. The Bertz CT molecular complexity index is 620. The summed E-state index contributed by atoms with van der Waals surface area (Å²) in [6.45, 7) is 5.26. The first kappa shape index (κ1) is 26.6. The summed E-state index contributed by atoms with van der Waals surface area (Å²) in [4.78, 5) is 10.1. The van der Waals surface area contributed by atoms with Crippen LogP contribution in [0.4, 0.5) is 0 Å². The summed E-state index contributed by atoms with van der Waals surface area (Å²) in [5, 5.41) is 0. The molecule has 3 atom stereocenters. The Kier molecular flexibility index (Phi) is 9.30. The number of likely N-dealkylation sites (N-methyl/N-ethyl adjacent to an activating group) is 1. The number of phosphoric acid groups is 1. The average Bonchev–Trinajstić information content (AvgIpc) is 2.64. The Morgan fingerprint density at radius 2 is 1.47 bits per heavy atom. The van der Waals surface area contributed by atoms with E-state index in [0.29, 0.717) is 23.0 Å². The van der Waals surface area contributed by atoms with Crippen molar-refractivity contribution in [2.75, 3.05) is 54.1 Å². The molecule has 0 aromatic heterocycles. The minimum absolute atomic E-state index is 0.230. The van der Waals surface area contributed by atoms with Gasteiger partial charge in [-0.1, -0.05) is 26.2 Å². The van der Waals surface area contributed by atoms with Gasteiger partial charge in [-0.05, 0) is 80.5 Å². The molecule has 0 aromatic carbocycles. The topological polar surface area (TPSA) is 65.0 Å². The van der Waals surface area contributed by atoms with Crippen molar-refractivity contribution >= 4 is 7.82 Å². The van der Waals surface area contributed by atoms with Crippen molar-refractivity contribution in [1.29, 1.82) is 0 Å². The molecule has 32 heavy (non-hydrogen) atoms. The molecule has 4 fully saturated rings. The maximum Gasteiger partial charge on any atom is 0.472 e. The highest BCUT2D eigenvalue weighted by atomic mass is 31.2. The number of nitrogens with zero attached hydrogens (tertiary/aromatic N) is 1. The van der Waals surface area contributed by atoms with E-state index in [0.717, 1.165) is 31.5 Å². The van der Waals surface area contributed by atoms with Gasteiger partial charge in [0.15, 0.2) is 0 Å². The van der Waals surface area contributed by atoms with E-state index in [-0.39, 0.29) is 12.0 Å². The lowest BCUT2D eigenvalue weighted by molar-refractivity contribution is -0.870. The number of hydrogen-bond donors (Lipinski definition) is 1. The monoisotopic (exact) mass is 474 g/mol. The number of unbranched alkanes of at least 4 members (excludes halogenated alkanes) is 3. The lowest BCUT2D eigenvalue weighted by Gasteiger charge is -2.62. The number of quaternary nitrogens is 1. The van der Waals surface area contributed by atoms with Crippen molar-refractivity contribution in [2.24, 2.45) is 22.7 Å². The third-order valence-electron chi connectivity index (χ3n) is 8.13. The van der Waals surface area contributed by atoms with Crippen molar-refractivity contribution in [3.63, 3.8) is 0 Å². The summed E-state index contributed by atoms with van der Waals surface area (Å²) >= 11 is 0. The van der Waals surface area contributed by atoms with Gasteiger partial charge in [0.05, 0.1) is 27.7 Å². The molecule has 4 rings (SSSR count). The van der Waals surface area contributed by atoms with E-state index in [1.165, 1.54) is 70.6 Å². The molecule has 0 aromatic rings. The third kappa shape index (κ3) is 8.06. The van der Waals surface area contributed by atoms with Gasteiger partial charge < -0.3 is 14.1 Å². The molecule has 0 aliphatic heterocycles. The summed E-state index contributed by atoms with van der Waals surface area (Å²) in [6.07, 6.45) is 15.0. The molecule has 4 aliphatic rings. The van der Waals surface area contributed by atoms with Crippen LogP contribution in [-0.2, 0) is 18.3 Å². The SMILES string of the molecule is CCCCCCOCCC12CC3CC(C1)CC(CCOP(=O)(O)OCC[N+](C)(C)C)(C3)C2. The first-order valence-electron chi connectivity index (χ1n) is 13.0. The van der Waals surface area contributed by atoms with Gasteiger partial charge in [-0.15, -0.1) is 0 Å². The molecule has 7 heteroatoms. The van der Waals surface area contributed by atoms with Gasteiger partial charge in [-0.3, -0.25) is 9.05 Å². The fraction of sp³-hybridized carbons (Fsp3) is 1.00. The molecule has 0 amide bonds. The van der Waals surface area contributed by atoms with Crippen LogP contribution in [0, 0.1) is 22.7 Å². The molecule has 4 aliphatic carbocycles. The summed E-state index contributed by atoms with van der Waals surface area (Å²) in [7, 11) is 2.14. The largest absolute Gasteiger partial charge is 0.472 e. The first-order chi connectivity index (χ1) is 15.0. The van der Waals surface area contributed by atoms with Crippen LogP contribution in [0.2, 0.25) is 0 Å². The van der Waals surface area contributed by atoms with Crippen LogP contribution in [0.3, 0.4) is 0 Å². The Labute approximate surface area is 196 Å². The minimum Gasteiger partial charge on any atom is -0.381 e. The highest BCUT2D eigenvalue weighted by Crippen LogP contribution is 2.67. The molecule has 0 spiro atoms. The Hall–Kier alpha value is 0.0300. The molecule has 6 nitrogen and oxygen atoms in total. The first-order valence-corrected chi connectivity index (χ1v) is 14.5. The number of rotatable bonds is 16. The van der Waals surface area contributed by atoms with Crippen LogP contribution >= 0.6 is 7.82 Å². The molecule has 188 valence electrons. The van der Waals surface area contributed by atoms with Crippen LogP contribution in [0.1, 0.15) is 84.0 Å². The number of phosphoric ester groups is 1. The van der Waals surface area contributed by atoms with Gasteiger partial charge in [0, 0.05) is 13.2 Å². The zero-order valence-electron chi connectivity index (χ0n) is 21.2. The quantitative estimate of drug-likeness (QED) is 0.174. The van der Waals surface area contributed by atoms with Crippen molar-refractivity contribution in [3.8, 4) is 0 Å². The fourth-order valence-electron chi connectivity index (χ4n) is 7.10. The van der Waals surface area contributed by atoms with E-state index in [1.807, 2.05) is 21.1 Å². The highest BCUT2D eigenvalue weighted by Gasteiger charge is 2.56. The molecule has 3 unspecified atom stereocenters. The van der Waals surface area contributed by atoms with E-state index in [4.69, 9.17) is 13.8 Å². The predicted octanol–water partition coefficient (Wildman–Crippen LogP) is 5.79. The van der Waals surface area contributed by atoms with Gasteiger partial charge in [0.25, 0.3) is 0 Å². The van der Waals surface area contributed by atoms with Crippen molar-refractivity contribution in [2.45, 2.75) is 84.0 Å². The summed E-state index contributed by atoms with van der Waals surface area (Å²) < 4.78 is 29.6. The fourth-order valence-corrected chi connectivity index (χ4v) is 7.81. The predicted molar refractivity (Wildman–Crippen MR) is 128 cm³/mol. The Morgan fingerprint density at radius 1 is 0.875 bits per heavy atom. The van der Waals surface area contributed by atoms with E-state index in [1.54, 1.807) is 0 Å². The van der Waals surface area contributed by atoms with Crippen molar-refractivity contribution in [3.05, 3.63) is 0 Å². The van der Waals surface area contributed by atoms with Crippen LogP contribution in [0.5, 0.6) is 0 Å². The van der Waals surface area contributed by atoms with Crippen LogP contribution < -0.4 is 0 Å². The van der Waals surface area contributed by atoms with Crippen LogP contribution in [0.25, 0.3) is 0 Å². The van der Waals surface area contributed by atoms with Gasteiger partial charge in [0.1, 0.15) is 13.2 Å². The maximum absolute atomic E-state index is 12.3. The molecular formula is C25H49NO5P+. The second-order valence-electron chi connectivity index (χ2n) is 12.3. The summed E-state index contributed by atoms with van der Waals surface area (Å²) in [6, 6.07) is 0. The summed E-state index contributed by atoms with van der Waals surface area (Å²) in [5.74, 6) is 1.64. The average molecular weight is 475 g/mol. The van der Waals surface area contributed by atoms with Crippen molar-refractivity contribution in [1.82, 2.24) is 0 Å². The molecule has 0 saturated heterocycles. The second kappa shape index (κ2) is 11.2. The second-order valence-corrected chi connectivity index (χ2v) is 13.7. The van der Waals surface area contributed by atoms with Crippen LogP contribution in [-0.4, -0.2) is 63.5 Å². The maximum atomic E-state index is 12.3. The van der Waals surface area contributed by atoms with Gasteiger partial charge >= 0.3 is 7.82 Å². The zero-order valence-corrected chi connectivity index (χ0v) is 22.0. The van der Waals surface area contributed by atoms with Gasteiger partial charge in [0.2, 0.25) is 0 Å². The van der Waals surface area contributed by atoms with E-state index >= 15 is 0 Å². The van der Waals surface area contributed by atoms with Crippen LogP contribution in [0.15, 0.2) is 0 Å².